The Hall–Kier alpha value is -2.95. The van der Waals surface area contributed by atoms with Crippen molar-refractivity contribution < 1.29 is 19.0 Å². The summed E-state index contributed by atoms with van der Waals surface area (Å²) in [5.74, 6) is 2.23. The molecule has 0 spiro atoms. The Morgan fingerprint density at radius 1 is 1.15 bits per heavy atom. The zero-order valence-corrected chi connectivity index (χ0v) is 15.7. The summed E-state index contributed by atoms with van der Waals surface area (Å²) in [5.41, 5.74) is 2.13. The number of benzene rings is 2. The predicted molar refractivity (Wildman–Crippen MR) is 105 cm³/mol. The SMILES string of the molecule is CC(C)Oc1ccc(CCCNC(=O)/C=C/c2ccc3c(c2)OCO3)cc1. The summed E-state index contributed by atoms with van der Waals surface area (Å²) in [6.45, 7) is 4.90. The number of carbonyl (C=O) groups excluding carboxylic acids is 1. The lowest BCUT2D eigenvalue weighted by Crippen LogP contribution is -2.22. The maximum absolute atomic E-state index is 11.9. The fraction of sp³-hybridized carbons (Fsp3) is 0.318. The van der Waals surface area contributed by atoms with Crippen molar-refractivity contribution in [2.75, 3.05) is 13.3 Å². The molecule has 1 aliphatic heterocycles. The minimum absolute atomic E-state index is 0.103. The van der Waals surface area contributed by atoms with E-state index in [0.29, 0.717) is 12.3 Å². The van der Waals surface area contributed by atoms with Crippen molar-refractivity contribution in [1.82, 2.24) is 5.32 Å². The zero-order valence-electron chi connectivity index (χ0n) is 15.7. The van der Waals surface area contributed by atoms with Crippen LogP contribution in [0.15, 0.2) is 48.5 Å². The number of nitrogens with one attached hydrogen (secondary N) is 1. The molecule has 2 aromatic carbocycles. The number of ether oxygens (including phenoxy) is 3. The van der Waals surface area contributed by atoms with Crippen LogP contribution in [-0.4, -0.2) is 25.3 Å². The van der Waals surface area contributed by atoms with Gasteiger partial charge in [0.1, 0.15) is 5.75 Å². The lowest BCUT2D eigenvalue weighted by atomic mass is 10.1. The second kappa shape index (κ2) is 9.12. The third-order valence-corrected chi connectivity index (χ3v) is 4.06. The first kappa shape index (κ1) is 18.8. The van der Waals surface area contributed by atoms with Crippen molar-refractivity contribution in [2.24, 2.45) is 0 Å². The Morgan fingerprint density at radius 2 is 1.93 bits per heavy atom. The molecule has 0 bridgehead atoms. The highest BCUT2D eigenvalue weighted by molar-refractivity contribution is 5.91. The third-order valence-electron chi connectivity index (χ3n) is 4.06. The van der Waals surface area contributed by atoms with E-state index in [2.05, 4.69) is 17.4 Å². The number of aryl methyl sites for hydroxylation is 1. The lowest BCUT2D eigenvalue weighted by Gasteiger charge is -2.10. The van der Waals surface area contributed by atoms with Gasteiger partial charge in [-0.3, -0.25) is 4.79 Å². The Labute approximate surface area is 159 Å². The first-order chi connectivity index (χ1) is 13.1. The van der Waals surface area contributed by atoms with Crippen molar-refractivity contribution in [2.45, 2.75) is 32.8 Å². The highest BCUT2D eigenvalue weighted by Crippen LogP contribution is 2.32. The predicted octanol–water partition coefficient (Wildman–Crippen LogP) is 3.96. The van der Waals surface area contributed by atoms with Crippen LogP contribution in [0.5, 0.6) is 17.2 Å². The van der Waals surface area contributed by atoms with Gasteiger partial charge < -0.3 is 19.5 Å². The van der Waals surface area contributed by atoms with Gasteiger partial charge in [-0.25, -0.2) is 0 Å². The molecule has 0 saturated heterocycles. The number of carbonyl (C=O) groups is 1. The minimum Gasteiger partial charge on any atom is -0.491 e. The van der Waals surface area contributed by atoms with E-state index in [1.54, 1.807) is 6.08 Å². The zero-order chi connectivity index (χ0) is 19.1. The smallest absolute Gasteiger partial charge is 0.243 e. The van der Waals surface area contributed by atoms with Gasteiger partial charge in [0.05, 0.1) is 6.10 Å². The monoisotopic (exact) mass is 367 g/mol. The van der Waals surface area contributed by atoms with E-state index in [9.17, 15) is 4.79 Å². The van der Waals surface area contributed by atoms with E-state index in [1.165, 1.54) is 11.6 Å². The average molecular weight is 367 g/mol. The largest absolute Gasteiger partial charge is 0.491 e. The van der Waals surface area contributed by atoms with Crippen LogP contribution in [0.25, 0.3) is 6.08 Å². The molecule has 0 atom stereocenters. The molecule has 0 unspecified atom stereocenters. The number of hydrogen-bond acceptors (Lipinski definition) is 4. The molecule has 1 N–H and O–H groups in total. The van der Waals surface area contributed by atoms with E-state index >= 15 is 0 Å². The Kier molecular flexibility index (Phi) is 6.36. The van der Waals surface area contributed by atoms with E-state index in [1.807, 2.05) is 44.2 Å². The van der Waals surface area contributed by atoms with Crippen LogP contribution in [0.4, 0.5) is 0 Å². The molecule has 0 radical (unpaired) electrons. The molecule has 1 aliphatic rings. The van der Waals surface area contributed by atoms with E-state index in [4.69, 9.17) is 14.2 Å². The van der Waals surface area contributed by atoms with Gasteiger partial charge in [-0.15, -0.1) is 0 Å². The summed E-state index contributed by atoms with van der Waals surface area (Å²) >= 11 is 0. The molecule has 2 aromatic rings. The van der Waals surface area contributed by atoms with Gasteiger partial charge >= 0.3 is 0 Å². The highest BCUT2D eigenvalue weighted by Gasteiger charge is 2.12. The summed E-state index contributed by atoms with van der Waals surface area (Å²) in [6.07, 6.45) is 5.28. The van der Waals surface area contributed by atoms with Gasteiger partial charge in [-0.2, -0.15) is 0 Å². The second-order valence-corrected chi connectivity index (χ2v) is 6.65. The molecule has 3 rings (SSSR count). The summed E-state index contributed by atoms with van der Waals surface area (Å²) in [7, 11) is 0. The molecule has 27 heavy (non-hydrogen) atoms. The number of hydrogen-bond donors (Lipinski definition) is 1. The van der Waals surface area contributed by atoms with Crippen LogP contribution in [0.3, 0.4) is 0 Å². The minimum atomic E-state index is -0.103. The van der Waals surface area contributed by atoms with E-state index < -0.39 is 0 Å². The first-order valence-corrected chi connectivity index (χ1v) is 9.21. The number of fused-ring (bicyclic) bond motifs is 1. The standard InChI is InChI=1S/C22H25NO4/c1-16(2)27-19-9-5-17(6-10-19)4-3-13-23-22(24)12-8-18-7-11-20-21(14-18)26-15-25-20/h5-12,14,16H,3-4,13,15H2,1-2H3,(H,23,24)/b12-8+. The fourth-order valence-corrected chi connectivity index (χ4v) is 2.76. The van der Waals surface area contributed by atoms with Crippen molar-refractivity contribution in [3.63, 3.8) is 0 Å². The lowest BCUT2D eigenvalue weighted by molar-refractivity contribution is -0.116. The maximum Gasteiger partial charge on any atom is 0.243 e. The molecule has 142 valence electrons. The Morgan fingerprint density at radius 3 is 2.70 bits per heavy atom. The molecule has 0 fully saturated rings. The summed E-state index contributed by atoms with van der Waals surface area (Å²) in [6, 6.07) is 13.7. The normalized spacial score (nSPS) is 12.6. The van der Waals surface area contributed by atoms with Crippen LogP contribution >= 0.6 is 0 Å². The van der Waals surface area contributed by atoms with Crippen LogP contribution in [0, 0.1) is 0 Å². The van der Waals surface area contributed by atoms with E-state index in [-0.39, 0.29) is 18.8 Å². The average Bonchev–Trinajstić information content (AvgIpc) is 3.12. The fourth-order valence-electron chi connectivity index (χ4n) is 2.76. The molecule has 5 nitrogen and oxygen atoms in total. The maximum atomic E-state index is 11.9. The molecule has 1 amide bonds. The molecule has 0 aromatic heterocycles. The molecule has 0 aliphatic carbocycles. The second-order valence-electron chi connectivity index (χ2n) is 6.65. The molecular weight excluding hydrogens is 342 g/mol. The van der Waals surface area contributed by atoms with Gasteiger partial charge in [-0.05, 0) is 68.2 Å². The van der Waals surface area contributed by atoms with Crippen molar-refractivity contribution in [1.29, 1.82) is 0 Å². The van der Waals surface area contributed by atoms with E-state index in [0.717, 1.165) is 29.9 Å². The van der Waals surface area contributed by atoms with Crippen LogP contribution < -0.4 is 19.5 Å². The van der Waals surface area contributed by atoms with Crippen LogP contribution in [0.1, 0.15) is 31.4 Å². The van der Waals surface area contributed by atoms with Crippen LogP contribution in [-0.2, 0) is 11.2 Å². The van der Waals surface area contributed by atoms with Gasteiger partial charge in [-0.1, -0.05) is 18.2 Å². The number of rotatable bonds is 8. The van der Waals surface area contributed by atoms with Gasteiger partial charge in [0.15, 0.2) is 11.5 Å². The summed E-state index contributed by atoms with van der Waals surface area (Å²) in [4.78, 5) is 11.9. The van der Waals surface area contributed by atoms with Crippen molar-refractivity contribution >= 4 is 12.0 Å². The van der Waals surface area contributed by atoms with Crippen molar-refractivity contribution in [3.8, 4) is 17.2 Å². The number of amides is 1. The topological polar surface area (TPSA) is 56.8 Å². The molecule has 1 heterocycles. The Bertz CT molecular complexity index is 796. The van der Waals surface area contributed by atoms with Gasteiger partial charge in [0.25, 0.3) is 0 Å². The van der Waals surface area contributed by atoms with Crippen molar-refractivity contribution in [3.05, 3.63) is 59.7 Å². The Balaban J connectivity index is 1.38. The third kappa shape index (κ3) is 5.78. The van der Waals surface area contributed by atoms with Gasteiger partial charge in [0.2, 0.25) is 12.7 Å². The molecular formula is C22H25NO4. The first-order valence-electron chi connectivity index (χ1n) is 9.21. The quantitative estimate of drug-likeness (QED) is 0.567. The summed E-state index contributed by atoms with van der Waals surface area (Å²) in [5, 5.41) is 2.91. The summed E-state index contributed by atoms with van der Waals surface area (Å²) < 4.78 is 16.2. The van der Waals surface area contributed by atoms with Gasteiger partial charge in [0, 0.05) is 12.6 Å². The molecule has 5 heteroatoms. The van der Waals surface area contributed by atoms with Crippen LogP contribution in [0.2, 0.25) is 0 Å². The molecule has 0 saturated carbocycles. The highest BCUT2D eigenvalue weighted by atomic mass is 16.7.